The molecule has 1 aromatic carbocycles. The summed E-state index contributed by atoms with van der Waals surface area (Å²) in [6, 6.07) is 8.78. The summed E-state index contributed by atoms with van der Waals surface area (Å²) in [6.45, 7) is 6.63. The molecule has 100 valence electrons. The van der Waals surface area contributed by atoms with Crippen LogP contribution in [0.15, 0.2) is 24.3 Å². The monoisotopic (exact) mass is 248 g/mol. The van der Waals surface area contributed by atoms with Crippen LogP contribution in [-0.4, -0.2) is 25.3 Å². The first-order chi connectivity index (χ1) is 8.63. The number of hydrogen-bond donors (Lipinski definition) is 2. The third kappa shape index (κ3) is 3.31. The molecule has 2 rings (SSSR count). The molecule has 1 aliphatic rings. The quantitative estimate of drug-likeness (QED) is 0.839. The van der Waals surface area contributed by atoms with E-state index < -0.39 is 0 Å². The molecule has 3 nitrogen and oxygen atoms in total. The van der Waals surface area contributed by atoms with E-state index in [-0.39, 0.29) is 11.6 Å². The highest BCUT2D eigenvalue weighted by molar-refractivity contribution is 5.24. The predicted octanol–water partition coefficient (Wildman–Crippen LogP) is 2.15. The second-order valence-corrected chi connectivity index (χ2v) is 5.48. The molecule has 1 heterocycles. The summed E-state index contributed by atoms with van der Waals surface area (Å²) in [7, 11) is 0. The topological polar surface area (TPSA) is 47.3 Å². The summed E-state index contributed by atoms with van der Waals surface area (Å²) in [4.78, 5) is 0. The van der Waals surface area contributed by atoms with Gasteiger partial charge in [0.25, 0.3) is 0 Å². The fraction of sp³-hybridized carbons (Fsp3) is 0.600. The molecule has 0 radical (unpaired) electrons. The second-order valence-electron chi connectivity index (χ2n) is 5.48. The number of hydrogen-bond acceptors (Lipinski definition) is 3. The van der Waals surface area contributed by atoms with Gasteiger partial charge in [-0.15, -0.1) is 0 Å². The molecule has 0 bridgehead atoms. The van der Waals surface area contributed by atoms with Crippen molar-refractivity contribution in [1.82, 2.24) is 5.32 Å². The highest BCUT2D eigenvalue weighted by atomic mass is 16.5. The SMILES string of the molecule is Cc1ccc(C(CN)NCC2(C)CCCO2)cc1. The van der Waals surface area contributed by atoms with Gasteiger partial charge in [0.05, 0.1) is 5.60 Å². The van der Waals surface area contributed by atoms with Gasteiger partial charge in [-0.3, -0.25) is 0 Å². The molecule has 0 aliphatic carbocycles. The van der Waals surface area contributed by atoms with Crippen molar-refractivity contribution >= 4 is 0 Å². The Balaban J connectivity index is 1.95. The number of nitrogens with two attached hydrogens (primary N) is 1. The van der Waals surface area contributed by atoms with Crippen molar-refractivity contribution in [2.45, 2.75) is 38.3 Å². The predicted molar refractivity (Wildman–Crippen MR) is 74.6 cm³/mol. The zero-order valence-corrected chi connectivity index (χ0v) is 11.4. The minimum atomic E-state index is -0.0158. The van der Waals surface area contributed by atoms with E-state index in [9.17, 15) is 0 Å². The molecule has 18 heavy (non-hydrogen) atoms. The Morgan fingerprint density at radius 3 is 2.67 bits per heavy atom. The first kappa shape index (κ1) is 13.5. The molecule has 0 aromatic heterocycles. The first-order valence-electron chi connectivity index (χ1n) is 6.77. The molecule has 0 amide bonds. The highest BCUT2D eigenvalue weighted by Crippen LogP contribution is 2.25. The van der Waals surface area contributed by atoms with E-state index in [1.165, 1.54) is 11.1 Å². The maximum atomic E-state index is 5.87. The molecule has 3 heteroatoms. The lowest BCUT2D eigenvalue weighted by atomic mass is 10.0. The van der Waals surface area contributed by atoms with E-state index >= 15 is 0 Å². The Morgan fingerprint density at radius 1 is 1.39 bits per heavy atom. The van der Waals surface area contributed by atoms with Crippen LogP contribution in [0.3, 0.4) is 0 Å². The lowest BCUT2D eigenvalue weighted by Crippen LogP contribution is -2.40. The van der Waals surface area contributed by atoms with Crippen molar-refractivity contribution < 1.29 is 4.74 Å². The van der Waals surface area contributed by atoms with Crippen molar-refractivity contribution in [3.63, 3.8) is 0 Å². The van der Waals surface area contributed by atoms with Gasteiger partial charge < -0.3 is 15.8 Å². The van der Waals surface area contributed by atoms with Gasteiger partial charge in [-0.05, 0) is 32.3 Å². The van der Waals surface area contributed by atoms with Crippen LogP contribution in [0.25, 0.3) is 0 Å². The summed E-state index contributed by atoms with van der Waals surface area (Å²) in [5, 5.41) is 3.54. The molecule has 0 saturated carbocycles. The fourth-order valence-corrected chi connectivity index (χ4v) is 2.45. The number of rotatable bonds is 5. The molecular weight excluding hydrogens is 224 g/mol. The minimum absolute atomic E-state index is 0.0158. The van der Waals surface area contributed by atoms with Gasteiger partial charge in [0.1, 0.15) is 0 Å². The van der Waals surface area contributed by atoms with Crippen molar-refractivity contribution in [2.24, 2.45) is 5.73 Å². The Morgan fingerprint density at radius 2 is 2.11 bits per heavy atom. The summed E-state index contributed by atoms with van der Waals surface area (Å²) in [5.74, 6) is 0. The smallest absolute Gasteiger partial charge is 0.0779 e. The Kier molecular flexibility index (Phi) is 4.38. The third-order valence-electron chi connectivity index (χ3n) is 3.74. The van der Waals surface area contributed by atoms with Crippen molar-refractivity contribution in [3.05, 3.63) is 35.4 Å². The van der Waals surface area contributed by atoms with Crippen LogP contribution in [0, 0.1) is 6.92 Å². The molecule has 1 saturated heterocycles. The largest absolute Gasteiger partial charge is 0.374 e. The van der Waals surface area contributed by atoms with E-state index in [0.29, 0.717) is 6.54 Å². The Hall–Kier alpha value is -0.900. The van der Waals surface area contributed by atoms with Gasteiger partial charge in [-0.1, -0.05) is 29.8 Å². The molecule has 1 fully saturated rings. The van der Waals surface area contributed by atoms with Gasteiger partial charge in [0.2, 0.25) is 0 Å². The molecule has 2 atom stereocenters. The summed E-state index contributed by atoms with van der Waals surface area (Å²) in [5.41, 5.74) is 8.38. The Labute approximate surface area is 110 Å². The molecular formula is C15H24N2O. The van der Waals surface area contributed by atoms with E-state index in [1.807, 2.05) is 0 Å². The molecule has 1 aliphatic heterocycles. The number of aryl methyl sites for hydroxylation is 1. The lowest BCUT2D eigenvalue weighted by molar-refractivity contribution is 0.0189. The Bertz CT molecular complexity index is 369. The van der Waals surface area contributed by atoms with Crippen LogP contribution in [0.2, 0.25) is 0 Å². The average Bonchev–Trinajstić information content (AvgIpc) is 2.79. The van der Waals surface area contributed by atoms with Crippen molar-refractivity contribution in [3.8, 4) is 0 Å². The van der Waals surface area contributed by atoms with Crippen molar-refractivity contribution in [1.29, 1.82) is 0 Å². The second kappa shape index (κ2) is 5.83. The molecule has 1 aromatic rings. The number of ether oxygens (including phenoxy) is 1. The van der Waals surface area contributed by atoms with E-state index in [0.717, 1.165) is 26.0 Å². The third-order valence-corrected chi connectivity index (χ3v) is 3.74. The van der Waals surface area contributed by atoms with Crippen LogP contribution in [0.5, 0.6) is 0 Å². The van der Waals surface area contributed by atoms with Gasteiger partial charge in [-0.25, -0.2) is 0 Å². The first-order valence-corrected chi connectivity index (χ1v) is 6.77. The van der Waals surface area contributed by atoms with Crippen LogP contribution >= 0.6 is 0 Å². The number of nitrogens with one attached hydrogen (secondary N) is 1. The number of benzene rings is 1. The van der Waals surface area contributed by atoms with Crippen LogP contribution in [0.1, 0.15) is 36.9 Å². The van der Waals surface area contributed by atoms with Gasteiger partial charge in [-0.2, -0.15) is 0 Å². The zero-order chi connectivity index (χ0) is 13.0. The highest BCUT2D eigenvalue weighted by Gasteiger charge is 2.30. The zero-order valence-electron chi connectivity index (χ0n) is 11.4. The standard InChI is InChI=1S/C15H24N2O/c1-12-4-6-13(7-5-12)14(10-16)17-11-15(2)8-3-9-18-15/h4-7,14,17H,3,8-11,16H2,1-2H3. The molecule has 3 N–H and O–H groups in total. The van der Waals surface area contributed by atoms with Gasteiger partial charge >= 0.3 is 0 Å². The van der Waals surface area contributed by atoms with Crippen LogP contribution < -0.4 is 11.1 Å². The van der Waals surface area contributed by atoms with E-state index in [4.69, 9.17) is 10.5 Å². The van der Waals surface area contributed by atoms with E-state index in [1.54, 1.807) is 0 Å². The molecule has 2 unspecified atom stereocenters. The fourth-order valence-electron chi connectivity index (χ4n) is 2.45. The molecule has 0 spiro atoms. The minimum Gasteiger partial charge on any atom is -0.374 e. The van der Waals surface area contributed by atoms with Gasteiger partial charge in [0.15, 0.2) is 0 Å². The summed E-state index contributed by atoms with van der Waals surface area (Å²) >= 11 is 0. The maximum absolute atomic E-state index is 5.87. The van der Waals surface area contributed by atoms with E-state index in [2.05, 4.69) is 43.4 Å². The summed E-state index contributed by atoms with van der Waals surface area (Å²) in [6.07, 6.45) is 2.29. The average molecular weight is 248 g/mol. The maximum Gasteiger partial charge on any atom is 0.0779 e. The van der Waals surface area contributed by atoms with Crippen LogP contribution in [0.4, 0.5) is 0 Å². The van der Waals surface area contributed by atoms with Crippen LogP contribution in [-0.2, 0) is 4.74 Å². The normalized spacial score (nSPS) is 25.3. The van der Waals surface area contributed by atoms with Gasteiger partial charge in [0, 0.05) is 25.7 Å². The van der Waals surface area contributed by atoms with Crippen molar-refractivity contribution in [2.75, 3.05) is 19.7 Å². The summed E-state index contributed by atoms with van der Waals surface area (Å²) < 4.78 is 5.79. The lowest BCUT2D eigenvalue weighted by Gasteiger charge is -2.27.